The van der Waals surface area contributed by atoms with Gasteiger partial charge in [-0.3, -0.25) is 4.79 Å². The summed E-state index contributed by atoms with van der Waals surface area (Å²) in [6, 6.07) is 0. The molecule has 6 heteroatoms. The molecule has 16 heavy (non-hydrogen) atoms. The molecule has 96 valence electrons. The first-order valence-corrected chi connectivity index (χ1v) is 6.35. The molecule has 0 aliphatic heterocycles. The van der Waals surface area contributed by atoms with Gasteiger partial charge >= 0.3 is 12.1 Å². The number of rotatable bonds is 8. The third-order valence-corrected chi connectivity index (χ3v) is 2.71. The summed E-state index contributed by atoms with van der Waals surface area (Å²) in [7, 11) is 0. The molecule has 0 atom stereocenters. The summed E-state index contributed by atoms with van der Waals surface area (Å²) in [5.74, 6) is 0.842. The normalized spacial score (nSPS) is 11.5. The SMILES string of the molecule is CC(=O)OCSCCCCCCC(F)(F)F. The maximum absolute atomic E-state index is 11.8. The van der Waals surface area contributed by atoms with Crippen LogP contribution in [0.2, 0.25) is 0 Å². The molecule has 0 aromatic heterocycles. The van der Waals surface area contributed by atoms with Crippen LogP contribution in [0.3, 0.4) is 0 Å². The van der Waals surface area contributed by atoms with E-state index in [1.165, 1.54) is 18.7 Å². The Hall–Kier alpha value is -0.390. The number of ether oxygens (including phenoxy) is 1. The Balaban J connectivity index is 3.07. The van der Waals surface area contributed by atoms with Gasteiger partial charge in [0, 0.05) is 13.3 Å². The van der Waals surface area contributed by atoms with Gasteiger partial charge in [0.05, 0.1) is 0 Å². The van der Waals surface area contributed by atoms with Gasteiger partial charge in [0.25, 0.3) is 0 Å². The van der Waals surface area contributed by atoms with E-state index in [-0.39, 0.29) is 12.4 Å². The minimum atomic E-state index is -4.02. The molecule has 2 nitrogen and oxygen atoms in total. The number of unbranched alkanes of at least 4 members (excludes halogenated alkanes) is 3. The molecule has 0 N–H and O–H groups in total. The third-order valence-electron chi connectivity index (χ3n) is 1.84. The molecular formula is C10H17F3O2S. The maximum Gasteiger partial charge on any atom is 0.389 e. The van der Waals surface area contributed by atoms with Crippen LogP contribution in [0.4, 0.5) is 13.2 Å². The smallest absolute Gasteiger partial charge is 0.389 e. The summed E-state index contributed by atoms with van der Waals surface area (Å²) < 4.78 is 40.0. The van der Waals surface area contributed by atoms with Gasteiger partial charge in [-0.15, -0.1) is 11.8 Å². The first-order chi connectivity index (χ1) is 7.42. The van der Waals surface area contributed by atoms with Gasteiger partial charge in [-0.25, -0.2) is 0 Å². The summed E-state index contributed by atoms with van der Waals surface area (Å²) in [6.07, 6.45) is -2.24. The summed E-state index contributed by atoms with van der Waals surface area (Å²) in [5.41, 5.74) is 0. The van der Waals surface area contributed by atoms with Crippen LogP contribution >= 0.6 is 11.8 Å². The Morgan fingerprint density at radius 1 is 1.19 bits per heavy atom. The molecular weight excluding hydrogens is 241 g/mol. The number of esters is 1. The second kappa shape index (κ2) is 8.73. The van der Waals surface area contributed by atoms with Gasteiger partial charge < -0.3 is 4.74 Å². The Labute approximate surface area is 97.9 Å². The van der Waals surface area contributed by atoms with E-state index < -0.39 is 12.6 Å². The number of thioether (sulfide) groups is 1. The van der Waals surface area contributed by atoms with E-state index in [9.17, 15) is 18.0 Å². The highest BCUT2D eigenvalue weighted by molar-refractivity contribution is 7.99. The van der Waals surface area contributed by atoms with Gasteiger partial charge in [0.15, 0.2) is 0 Å². The zero-order valence-corrected chi connectivity index (χ0v) is 10.1. The first kappa shape index (κ1) is 15.6. The zero-order chi connectivity index (χ0) is 12.4. The first-order valence-electron chi connectivity index (χ1n) is 5.19. The fourth-order valence-electron chi connectivity index (χ4n) is 1.07. The van der Waals surface area contributed by atoms with Crippen LogP contribution in [-0.2, 0) is 9.53 Å². The average Bonchev–Trinajstić information content (AvgIpc) is 2.13. The second-order valence-corrected chi connectivity index (χ2v) is 4.49. The minimum absolute atomic E-state index is 0.206. The molecule has 0 bridgehead atoms. The fraction of sp³-hybridized carbons (Fsp3) is 0.900. The zero-order valence-electron chi connectivity index (χ0n) is 9.31. The van der Waals surface area contributed by atoms with Crippen molar-refractivity contribution in [2.24, 2.45) is 0 Å². The molecule has 0 spiro atoms. The van der Waals surface area contributed by atoms with Crippen LogP contribution in [-0.4, -0.2) is 23.8 Å². The lowest BCUT2D eigenvalue weighted by Gasteiger charge is -2.05. The molecule has 0 heterocycles. The van der Waals surface area contributed by atoms with Crippen molar-refractivity contribution in [3.63, 3.8) is 0 Å². The van der Waals surface area contributed by atoms with E-state index in [2.05, 4.69) is 4.74 Å². The van der Waals surface area contributed by atoms with E-state index in [0.717, 1.165) is 18.6 Å². The van der Waals surface area contributed by atoms with Crippen LogP contribution in [0.25, 0.3) is 0 Å². The Morgan fingerprint density at radius 2 is 1.81 bits per heavy atom. The summed E-state index contributed by atoms with van der Waals surface area (Å²) in [5, 5.41) is 0. The van der Waals surface area contributed by atoms with Crippen molar-refractivity contribution in [3.05, 3.63) is 0 Å². The number of halogens is 3. The predicted octanol–water partition coefficient (Wildman–Crippen LogP) is 3.75. The van der Waals surface area contributed by atoms with Crippen molar-refractivity contribution >= 4 is 17.7 Å². The fourth-order valence-corrected chi connectivity index (χ4v) is 1.84. The Morgan fingerprint density at radius 3 is 2.38 bits per heavy atom. The van der Waals surface area contributed by atoms with E-state index in [1.54, 1.807) is 0 Å². The lowest BCUT2D eigenvalue weighted by molar-refractivity contribution is -0.138. The van der Waals surface area contributed by atoms with Crippen LogP contribution in [0.1, 0.15) is 39.0 Å². The van der Waals surface area contributed by atoms with Crippen molar-refractivity contribution < 1.29 is 22.7 Å². The summed E-state index contributed by atoms with van der Waals surface area (Å²) >= 11 is 1.48. The number of alkyl halides is 3. The lowest BCUT2D eigenvalue weighted by Crippen LogP contribution is -2.06. The lowest BCUT2D eigenvalue weighted by atomic mass is 10.1. The number of hydrogen-bond donors (Lipinski definition) is 0. The van der Waals surface area contributed by atoms with Crippen molar-refractivity contribution in [2.75, 3.05) is 11.7 Å². The molecule has 0 saturated carbocycles. The molecule has 0 unspecified atom stereocenters. The molecule has 0 aliphatic carbocycles. The molecule has 0 aromatic carbocycles. The topological polar surface area (TPSA) is 26.3 Å². The highest BCUT2D eigenvalue weighted by atomic mass is 32.2. The predicted molar refractivity (Wildman–Crippen MR) is 58.2 cm³/mol. The number of hydrogen-bond acceptors (Lipinski definition) is 3. The molecule has 0 saturated heterocycles. The minimum Gasteiger partial charge on any atom is -0.455 e. The standard InChI is InChI=1S/C10H17F3O2S/c1-9(14)15-8-16-7-5-3-2-4-6-10(11,12)13/h2-8H2,1H3. The molecule has 0 aliphatic rings. The quantitative estimate of drug-likeness (QED) is 0.377. The second-order valence-electron chi connectivity index (χ2n) is 3.44. The number of carbonyl (C=O) groups excluding carboxylic acids is 1. The van der Waals surface area contributed by atoms with Gasteiger partial charge in [-0.2, -0.15) is 13.2 Å². The maximum atomic E-state index is 11.8. The summed E-state index contributed by atoms with van der Waals surface area (Å²) in [6.45, 7) is 1.34. The van der Waals surface area contributed by atoms with Gasteiger partial charge in [0.2, 0.25) is 0 Å². The molecule has 0 rings (SSSR count). The molecule has 0 amide bonds. The Kier molecular flexibility index (Phi) is 8.51. The third kappa shape index (κ3) is 13.6. The van der Waals surface area contributed by atoms with Gasteiger partial charge in [0.1, 0.15) is 5.94 Å². The largest absolute Gasteiger partial charge is 0.455 e. The van der Waals surface area contributed by atoms with E-state index in [1.807, 2.05) is 0 Å². The average molecular weight is 258 g/mol. The monoisotopic (exact) mass is 258 g/mol. The van der Waals surface area contributed by atoms with Crippen LogP contribution in [0, 0.1) is 0 Å². The van der Waals surface area contributed by atoms with Crippen molar-refractivity contribution in [2.45, 2.75) is 45.2 Å². The summed E-state index contributed by atoms with van der Waals surface area (Å²) in [4.78, 5) is 10.4. The van der Waals surface area contributed by atoms with Crippen molar-refractivity contribution in [1.29, 1.82) is 0 Å². The van der Waals surface area contributed by atoms with Crippen molar-refractivity contribution in [1.82, 2.24) is 0 Å². The molecule has 0 aromatic rings. The number of carbonyl (C=O) groups is 1. The van der Waals surface area contributed by atoms with E-state index in [0.29, 0.717) is 12.4 Å². The highest BCUT2D eigenvalue weighted by Crippen LogP contribution is 2.23. The van der Waals surface area contributed by atoms with E-state index >= 15 is 0 Å². The van der Waals surface area contributed by atoms with Crippen LogP contribution < -0.4 is 0 Å². The Bertz CT molecular complexity index is 195. The molecule has 0 fully saturated rings. The van der Waals surface area contributed by atoms with E-state index in [4.69, 9.17) is 0 Å². The highest BCUT2D eigenvalue weighted by Gasteiger charge is 2.25. The van der Waals surface area contributed by atoms with Crippen LogP contribution in [0.5, 0.6) is 0 Å². The molecule has 0 radical (unpaired) electrons. The van der Waals surface area contributed by atoms with Crippen LogP contribution in [0.15, 0.2) is 0 Å². The van der Waals surface area contributed by atoms with Crippen molar-refractivity contribution in [3.8, 4) is 0 Å². The van der Waals surface area contributed by atoms with Gasteiger partial charge in [-0.1, -0.05) is 12.8 Å². The van der Waals surface area contributed by atoms with Gasteiger partial charge in [-0.05, 0) is 18.6 Å².